The molecule has 0 spiro atoms. The molecule has 0 aliphatic heterocycles. The van der Waals surface area contributed by atoms with Gasteiger partial charge in [-0.25, -0.2) is 0 Å². The van der Waals surface area contributed by atoms with Crippen LogP contribution in [-0.4, -0.2) is 11.3 Å². The lowest BCUT2D eigenvalue weighted by atomic mass is 10.3. The molecule has 0 nitrogen and oxygen atoms in total. The van der Waals surface area contributed by atoms with Crippen LogP contribution in [0.4, 0.5) is 0 Å². The average Bonchev–Trinajstić information content (AvgIpc) is 1.30. The summed E-state index contributed by atoms with van der Waals surface area (Å²) in [6, 6.07) is 0. The summed E-state index contributed by atoms with van der Waals surface area (Å²) in [5, 5.41) is 0.634. The fourth-order valence-corrected chi connectivity index (χ4v) is 1.84. The molecule has 0 N–H and O–H groups in total. The van der Waals surface area contributed by atoms with Crippen molar-refractivity contribution in [3.05, 3.63) is 0 Å². The molecule has 0 fully saturated rings. The molecule has 0 rings (SSSR count). The lowest BCUT2D eigenvalue weighted by molar-refractivity contribution is -0.00000190. The SMILES string of the molecule is CC[PH2+]C(C)(C)C.[I-]. The van der Waals surface area contributed by atoms with E-state index in [-0.39, 0.29) is 24.0 Å². The summed E-state index contributed by atoms with van der Waals surface area (Å²) in [5.41, 5.74) is 0. The minimum Gasteiger partial charge on any atom is -1.00 e. The van der Waals surface area contributed by atoms with Crippen LogP contribution in [0.2, 0.25) is 0 Å². The van der Waals surface area contributed by atoms with Crippen molar-refractivity contribution >= 4 is 8.58 Å². The lowest BCUT2D eigenvalue weighted by Crippen LogP contribution is -3.00. The molecule has 0 saturated heterocycles. The van der Waals surface area contributed by atoms with Crippen molar-refractivity contribution in [2.24, 2.45) is 0 Å². The van der Waals surface area contributed by atoms with Crippen LogP contribution in [0, 0.1) is 0 Å². The van der Waals surface area contributed by atoms with Gasteiger partial charge in [-0.1, -0.05) is 0 Å². The molecule has 8 heavy (non-hydrogen) atoms. The van der Waals surface area contributed by atoms with Crippen LogP contribution in [0.1, 0.15) is 27.7 Å². The smallest absolute Gasteiger partial charge is 0.0670 e. The van der Waals surface area contributed by atoms with Crippen molar-refractivity contribution in [3.8, 4) is 0 Å². The van der Waals surface area contributed by atoms with Gasteiger partial charge in [0.2, 0.25) is 0 Å². The zero-order valence-corrected chi connectivity index (χ0v) is 9.47. The highest BCUT2D eigenvalue weighted by Crippen LogP contribution is 2.28. The highest BCUT2D eigenvalue weighted by atomic mass is 127. The maximum absolute atomic E-state index is 2.31. The Morgan fingerprint density at radius 2 is 1.62 bits per heavy atom. The molecule has 0 aromatic heterocycles. The molecule has 1 atom stereocenters. The Morgan fingerprint density at radius 3 is 1.62 bits per heavy atom. The van der Waals surface area contributed by atoms with Crippen molar-refractivity contribution in [1.29, 1.82) is 0 Å². The largest absolute Gasteiger partial charge is 1.00 e. The van der Waals surface area contributed by atoms with E-state index in [4.69, 9.17) is 0 Å². The first kappa shape index (κ1) is 11.9. The molecular formula is C6H16IP. The van der Waals surface area contributed by atoms with E-state index < -0.39 is 0 Å². The van der Waals surface area contributed by atoms with E-state index in [0.717, 1.165) is 0 Å². The monoisotopic (exact) mass is 246 g/mol. The number of rotatable bonds is 1. The first-order valence-corrected chi connectivity index (χ1v) is 4.30. The Morgan fingerprint density at radius 1 is 1.25 bits per heavy atom. The van der Waals surface area contributed by atoms with Gasteiger partial charge in [0.15, 0.2) is 0 Å². The third kappa shape index (κ3) is 10.2. The highest BCUT2D eigenvalue weighted by Gasteiger charge is 2.13. The number of hydrogen-bond acceptors (Lipinski definition) is 0. The number of halogens is 1. The van der Waals surface area contributed by atoms with Gasteiger partial charge in [-0.2, -0.15) is 0 Å². The van der Waals surface area contributed by atoms with E-state index in [1.165, 1.54) is 6.16 Å². The maximum Gasteiger partial charge on any atom is 0.0670 e. The Bertz CT molecular complexity index is 47.0. The second-order valence-electron chi connectivity index (χ2n) is 2.98. The van der Waals surface area contributed by atoms with E-state index in [1.54, 1.807) is 0 Å². The van der Waals surface area contributed by atoms with Gasteiger partial charge in [0.1, 0.15) is 0 Å². The van der Waals surface area contributed by atoms with E-state index >= 15 is 0 Å². The Hall–Kier alpha value is 1.16. The van der Waals surface area contributed by atoms with Crippen molar-refractivity contribution < 1.29 is 24.0 Å². The average molecular weight is 246 g/mol. The third-order valence-corrected chi connectivity index (χ3v) is 2.45. The van der Waals surface area contributed by atoms with Gasteiger partial charge in [0.25, 0.3) is 0 Å². The summed E-state index contributed by atoms with van der Waals surface area (Å²) < 4.78 is 0. The van der Waals surface area contributed by atoms with Crippen LogP contribution >= 0.6 is 8.58 Å². The second kappa shape index (κ2) is 4.99. The third-order valence-electron chi connectivity index (χ3n) is 0.816. The van der Waals surface area contributed by atoms with Crippen LogP contribution in [0.15, 0.2) is 0 Å². The predicted molar refractivity (Wildman–Crippen MR) is 40.0 cm³/mol. The van der Waals surface area contributed by atoms with Crippen molar-refractivity contribution in [2.75, 3.05) is 6.16 Å². The quantitative estimate of drug-likeness (QED) is 0.420. The van der Waals surface area contributed by atoms with E-state index in [2.05, 4.69) is 27.7 Å². The first-order chi connectivity index (χ1) is 3.06. The molecule has 0 bridgehead atoms. The minimum atomic E-state index is 0. The minimum absolute atomic E-state index is 0. The number of hydrogen-bond donors (Lipinski definition) is 0. The summed E-state index contributed by atoms with van der Waals surface area (Å²) in [4.78, 5) is 0. The summed E-state index contributed by atoms with van der Waals surface area (Å²) in [6.45, 7) is 9.20. The Balaban J connectivity index is 0. The Kier molecular flexibility index (Phi) is 7.41. The highest BCUT2D eigenvalue weighted by molar-refractivity contribution is 7.39. The fraction of sp³-hybridized carbons (Fsp3) is 1.00. The van der Waals surface area contributed by atoms with Crippen LogP contribution < -0.4 is 24.0 Å². The molecule has 0 aliphatic rings. The molecule has 0 heterocycles. The summed E-state index contributed by atoms with van der Waals surface area (Å²) in [6.07, 6.45) is 1.39. The fourth-order valence-electron chi connectivity index (χ4n) is 0.612. The van der Waals surface area contributed by atoms with Crippen LogP contribution in [0.3, 0.4) is 0 Å². The van der Waals surface area contributed by atoms with Crippen LogP contribution in [0.25, 0.3) is 0 Å². The van der Waals surface area contributed by atoms with Crippen LogP contribution in [0.5, 0.6) is 0 Å². The van der Waals surface area contributed by atoms with Crippen molar-refractivity contribution in [2.45, 2.75) is 32.9 Å². The topological polar surface area (TPSA) is 0 Å². The zero-order valence-electron chi connectivity index (χ0n) is 6.16. The molecule has 0 amide bonds. The van der Waals surface area contributed by atoms with Gasteiger partial charge in [0.05, 0.1) is 11.3 Å². The molecule has 1 unspecified atom stereocenters. The van der Waals surface area contributed by atoms with Crippen molar-refractivity contribution in [3.63, 3.8) is 0 Å². The molecule has 0 saturated carbocycles. The first-order valence-electron chi connectivity index (χ1n) is 2.90. The molecular weight excluding hydrogens is 230 g/mol. The summed E-state index contributed by atoms with van der Waals surface area (Å²) in [7, 11) is 0.692. The van der Waals surface area contributed by atoms with Gasteiger partial charge in [-0.15, -0.1) is 0 Å². The van der Waals surface area contributed by atoms with Gasteiger partial charge in [-0.05, 0) is 36.3 Å². The standard InChI is InChI=1S/C6H15P.HI/c1-5-7-6(2,3)4;/h7H,5H2,1-4H3;1H. The van der Waals surface area contributed by atoms with Gasteiger partial charge in [0, 0.05) is 0 Å². The van der Waals surface area contributed by atoms with Crippen molar-refractivity contribution in [1.82, 2.24) is 0 Å². The van der Waals surface area contributed by atoms with Crippen LogP contribution in [-0.2, 0) is 0 Å². The van der Waals surface area contributed by atoms with Gasteiger partial charge < -0.3 is 24.0 Å². The molecule has 2 heteroatoms. The Labute approximate surface area is 71.6 Å². The summed E-state index contributed by atoms with van der Waals surface area (Å²) in [5.74, 6) is 0. The van der Waals surface area contributed by atoms with E-state index in [9.17, 15) is 0 Å². The molecule has 52 valence electrons. The van der Waals surface area contributed by atoms with E-state index in [0.29, 0.717) is 13.7 Å². The maximum atomic E-state index is 2.31. The van der Waals surface area contributed by atoms with Gasteiger partial charge in [-0.3, -0.25) is 0 Å². The van der Waals surface area contributed by atoms with Gasteiger partial charge >= 0.3 is 0 Å². The zero-order chi connectivity index (χ0) is 5.91. The molecule has 0 aromatic carbocycles. The predicted octanol–water partition coefficient (Wildman–Crippen LogP) is -0.780. The summed E-state index contributed by atoms with van der Waals surface area (Å²) >= 11 is 0. The molecule has 0 aliphatic carbocycles. The lowest BCUT2D eigenvalue weighted by Gasteiger charge is -2.08. The van der Waals surface area contributed by atoms with E-state index in [1.807, 2.05) is 0 Å². The normalized spacial score (nSPS) is 12.0. The molecule has 0 aromatic rings. The second-order valence-corrected chi connectivity index (χ2v) is 5.94. The molecule has 0 radical (unpaired) electrons.